The second-order valence-corrected chi connectivity index (χ2v) is 7.15. The van der Waals surface area contributed by atoms with Gasteiger partial charge >= 0.3 is 17.2 Å². The maximum absolute atomic E-state index is 12.5. The van der Waals surface area contributed by atoms with Gasteiger partial charge in [-0.1, -0.05) is 18.2 Å². The third kappa shape index (κ3) is 4.09. The Hall–Kier alpha value is -4.20. The van der Waals surface area contributed by atoms with Gasteiger partial charge in [0.15, 0.2) is 0 Å². The molecular formula is C23H17NO7. The van der Waals surface area contributed by atoms with Crippen LogP contribution in [-0.2, 0) is 0 Å². The lowest BCUT2D eigenvalue weighted by atomic mass is 10.1. The number of esters is 1. The minimum Gasteiger partial charge on any atom is -0.423 e. The number of fused-ring (bicyclic) bond motifs is 2. The molecule has 1 N–H and O–H groups in total. The Kier molecular flexibility index (Phi) is 5.12. The number of nitrogens with one attached hydrogen (secondary N) is 1. The third-order valence-electron chi connectivity index (χ3n) is 4.44. The molecule has 2 aromatic carbocycles. The number of hydrogen-bond donors (Lipinski definition) is 1. The average molecular weight is 419 g/mol. The number of carbonyl (C=O) groups is 2. The maximum atomic E-state index is 12.5. The van der Waals surface area contributed by atoms with Gasteiger partial charge in [0.2, 0.25) is 0 Å². The van der Waals surface area contributed by atoms with Gasteiger partial charge in [-0.05, 0) is 44.2 Å². The number of carbonyl (C=O) groups excluding carboxylic acids is 2. The van der Waals surface area contributed by atoms with Crippen LogP contribution in [0, 0.1) is 0 Å². The monoisotopic (exact) mass is 419 g/mol. The van der Waals surface area contributed by atoms with E-state index in [1.54, 1.807) is 38.1 Å². The zero-order valence-corrected chi connectivity index (χ0v) is 16.6. The summed E-state index contributed by atoms with van der Waals surface area (Å²) in [6, 6.07) is 13.8. The SMILES string of the molecule is CC(C)NC(=O)c1cc2ccc(OC(=O)c3cc4ccccc4oc3=O)cc2oc1=O. The molecule has 4 rings (SSSR count). The van der Waals surface area contributed by atoms with E-state index in [4.69, 9.17) is 13.6 Å². The molecule has 0 aliphatic heterocycles. The Balaban J connectivity index is 1.64. The van der Waals surface area contributed by atoms with Crippen LogP contribution in [-0.4, -0.2) is 17.9 Å². The van der Waals surface area contributed by atoms with Crippen LogP contribution in [0.15, 0.2) is 73.0 Å². The van der Waals surface area contributed by atoms with Gasteiger partial charge in [0.1, 0.15) is 28.0 Å². The van der Waals surface area contributed by atoms with Crippen molar-refractivity contribution in [2.45, 2.75) is 19.9 Å². The van der Waals surface area contributed by atoms with Crippen molar-refractivity contribution in [3.8, 4) is 5.75 Å². The molecule has 0 unspecified atom stereocenters. The quantitative estimate of drug-likeness (QED) is 0.307. The van der Waals surface area contributed by atoms with Crippen LogP contribution in [0.4, 0.5) is 0 Å². The standard InChI is InChI=1S/C23H17NO7/c1-12(2)24-20(25)16-9-14-7-8-15(11-19(14)31-21(16)26)29-22(27)17-10-13-5-3-4-6-18(13)30-23(17)28/h3-12H,1-2H3,(H,24,25). The van der Waals surface area contributed by atoms with Crippen molar-refractivity contribution in [3.05, 3.63) is 86.6 Å². The summed E-state index contributed by atoms with van der Waals surface area (Å²) in [7, 11) is 0. The van der Waals surface area contributed by atoms with E-state index < -0.39 is 23.1 Å². The van der Waals surface area contributed by atoms with Crippen LogP contribution in [0.1, 0.15) is 34.6 Å². The Morgan fingerprint density at radius 2 is 1.48 bits per heavy atom. The first kappa shape index (κ1) is 20.1. The molecule has 0 fully saturated rings. The Bertz CT molecular complexity index is 1450. The Labute approximate surface area is 175 Å². The zero-order valence-electron chi connectivity index (χ0n) is 16.6. The molecule has 0 aliphatic carbocycles. The van der Waals surface area contributed by atoms with Gasteiger partial charge in [0, 0.05) is 22.9 Å². The molecule has 0 bridgehead atoms. The number of ether oxygens (including phenoxy) is 1. The molecule has 2 aromatic heterocycles. The Morgan fingerprint density at radius 3 is 2.26 bits per heavy atom. The largest absolute Gasteiger partial charge is 0.423 e. The van der Waals surface area contributed by atoms with Crippen molar-refractivity contribution < 1.29 is 23.2 Å². The number of para-hydroxylation sites is 1. The molecule has 0 saturated carbocycles. The van der Waals surface area contributed by atoms with Crippen molar-refractivity contribution in [1.82, 2.24) is 5.32 Å². The van der Waals surface area contributed by atoms with Gasteiger partial charge in [-0.25, -0.2) is 14.4 Å². The normalized spacial score (nSPS) is 11.1. The summed E-state index contributed by atoms with van der Waals surface area (Å²) in [5.74, 6) is -1.38. The maximum Gasteiger partial charge on any atom is 0.351 e. The molecule has 8 nitrogen and oxygen atoms in total. The zero-order chi connectivity index (χ0) is 22.1. The summed E-state index contributed by atoms with van der Waals surface area (Å²) in [5, 5.41) is 3.68. The fraction of sp³-hybridized carbons (Fsp3) is 0.130. The highest BCUT2D eigenvalue weighted by Crippen LogP contribution is 2.22. The minimum atomic E-state index is -0.908. The smallest absolute Gasteiger partial charge is 0.351 e. The lowest BCUT2D eigenvalue weighted by Gasteiger charge is -2.08. The third-order valence-corrected chi connectivity index (χ3v) is 4.44. The molecule has 4 aromatic rings. The molecule has 156 valence electrons. The van der Waals surface area contributed by atoms with E-state index in [1.807, 2.05) is 0 Å². The van der Waals surface area contributed by atoms with Crippen molar-refractivity contribution in [1.29, 1.82) is 0 Å². The molecule has 2 heterocycles. The van der Waals surface area contributed by atoms with E-state index in [1.165, 1.54) is 30.3 Å². The van der Waals surface area contributed by atoms with E-state index in [-0.39, 0.29) is 28.5 Å². The van der Waals surface area contributed by atoms with Crippen molar-refractivity contribution in [2.24, 2.45) is 0 Å². The first-order chi connectivity index (χ1) is 14.8. The van der Waals surface area contributed by atoms with E-state index in [0.29, 0.717) is 16.4 Å². The van der Waals surface area contributed by atoms with E-state index in [0.717, 1.165) is 0 Å². The van der Waals surface area contributed by atoms with E-state index >= 15 is 0 Å². The summed E-state index contributed by atoms with van der Waals surface area (Å²) in [6.45, 7) is 3.55. The average Bonchev–Trinajstić information content (AvgIpc) is 2.72. The van der Waals surface area contributed by atoms with Gasteiger partial charge in [-0.2, -0.15) is 0 Å². The molecule has 1 amide bonds. The second-order valence-electron chi connectivity index (χ2n) is 7.15. The summed E-state index contributed by atoms with van der Waals surface area (Å²) in [4.78, 5) is 49.0. The van der Waals surface area contributed by atoms with Crippen LogP contribution in [0.5, 0.6) is 5.75 Å². The van der Waals surface area contributed by atoms with Gasteiger partial charge in [0.25, 0.3) is 5.91 Å². The van der Waals surface area contributed by atoms with Crippen LogP contribution in [0.25, 0.3) is 21.9 Å². The highest BCUT2D eigenvalue weighted by molar-refractivity contribution is 5.97. The molecule has 31 heavy (non-hydrogen) atoms. The highest BCUT2D eigenvalue weighted by atomic mass is 16.5. The highest BCUT2D eigenvalue weighted by Gasteiger charge is 2.18. The van der Waals surface area contributed by atoms with Crippen LogP contribution in [0.2, 0.25) is 0 Å². The second kappa shape index (κ2) is 7.91. The summed E-state index contributed by atoms with van der Waals surface area (Å²) >= 11 is 0. The van der Waals surface area contributed by atoms with Crippen molar-refractivity contribution in [2.75, 3.05) is 0 Å². The number of amides is 1. The minimum absolute atomic E-state index is 0.0626. The van der Waals surface area contributed by atoms with Crippen LogP contribution in [0.3, 0.4) is 0 Å². The van der Waals surface area contributed by atoms with Crippen molar-refractivity contribution >= 4 is 33.8 Å². The lowest BCUT2D eigenvalue weighted by Crippen LogP contribution is -2.33. The predicted molar refractivity (Wildman–Crippen MR) is 113 cm³/mol. The fourth-order valence-electron chi connectivity index (χ4n) is 3.02. The number of rotatable bonds is 4. The van der Waals surface area contributed by atoms with Gasteiger partial charge in [0.05, 0.1) is 0 Å². The fourth-order valence-corrected chi connectivity index (χ4v) is 3.02. The van der Waals surface area contributed by atoms with Crippen molar-refractivity contribution in [3.63, 3.8) is 0 Å². The lowest BCUT2D eigenvalue weighted by molar-refractivity contribution is 0.0730. The molecule has 0 radical (unpaired) electrons. The summed E-state index contributed by atoms with van der Waals surface area (Å²) < 4.78 is 15.6. The molecule has 8 heteroatoms. The molecule has 0 aliphatic rings. The van der Waals surface area contributed by atoms with E-state index in [2.05, 4.69) is 5.32 Å². The van der Waals surface area contributed by atoms with Gasteiger partial charge < -0.3 is 18.9 Å². The first-order valence-electron chi connectivity index (χ1n) is 9.45. The van der Waals surface area contributed by atoms with Gasteiger partial charge in [-0.15, -0.1) is 0 Å². The van der Waals surface area contributed by atoms with Gasteiger partial charge in [-0.3, -0.25) is 4.79 Å². The first-order valence-corrected chi connectivity index (χ1v) is 9.45. The molecule has 0 saturated heterocycles. The summed E-state index contributed by atoms with van der Waals surface area (Å²) in [6.07, 6.45) is 0. The number of hydrogen-bond acceptors (Lipinski definition) is 7. The van der Waals surface area contributed by atoms with E-state index in [9.17, 15) is 19.2 Å². The number of benzene rings is 2. The topological polar surface area (TPSA) is 116 Å². The molecule has 0 atom stereocenters. The van der Waals surface area contributed by atoms with Crippen LogP contribution >= 0.6 is 0 Å². The molecular weight excluding hydrogens is 402 g/mol. The molecule has 0 spiro atoms. The Morgan fingerprint density at radius 1 is 0.839 bits per heavy atom. The van der Waals surface area contributed by atoms with Crippen LogP contribution < -0.4 is 21.3 Å². The predicted octanol–water partition coefficient (Wildman–Crippen LogP) is 3.26. The summed E-state index contributed by atoms with van der Waals surface area (Å²) in [5.41, 5.74) is -1.54.